The lowest BCUT2D eigenvalue weighted by Gasteiger charge is -2.40. The second kappa shape index (κ2) is 13.3. The Bertz CT molecular complexity index is 3070. The predicted octanol–water partition coefficient (Wildman–Crippen LogP) is 15.5. The van der Waals surface area contributed by atoms with Gasteiger partial charge < -0.3 is 14.5 Å². The SMILES string of the molecule is c1ccc(N(c2ccccc2)c2ccc3c(c2)C2(c4cc5c(cc4O3)sc3cc(N(c4ccccc4)c4ccccc4)ccc35)c3ccccc3-c3ccccc32)cc1. The highest BCUT2D eigenvalue weighted by molar-refractivity contribution is 7.25. The number of hydrogen-bond donors (Lipinski definition) is 0. The molecule has 278 valence electrons. The zero-order chi connectivity index (χ0) is 38.9. The topological polar surface area (TPSA) is 15.7 Å². The maximum absolute atomic E-state index is 7.10. The van der Waals surface area contributed by atoms with Gasteiger partial charge in [0, 0.05) is 65.4 Å². The second-order valence-electron chi connectivity index (χ2n) is 15.3. The Hall–Kier alpha value is -7.40. The van der Waals surface area contributed by atoms with Gasteiger partial charge in [0.05, 0.1) is 5.41 Å². The van der Waals surface area contributed by atoms with Crippen LogP contribution in [0.3, 0.4) is 0 Å². The van der Waals surface area contributed by atoms with Gasteiger partial charge in [0.25, 0.3) is 0 Å². The van der Waals surface area contributed by atoms with Crippen LogP contribution in [0.15, 0.2) is 218 Å². The molecule has 0 unspecified atom stereocenters. The van der Waals surface area contributed by atoms with E-state index in [1.165, 1.54) is 42.4 Å². The molecule has 0 atom stereocenters. The van der Waals surface area contributed by atoms with Gasteiger partial charge in [-0.25, -0.2) is 0 Å². The van der Waals surface area contributed by atoms with Gasteiger partial charge in [-0.1, -0.05) is 127 Å². The molecule has 0 radical (unpaired) electrons. The van der Waals surface area contributed by atoms with Crippen molar-refractivity contribution in [1.29, 1.82) is 0 Å². The summed E-state index contributed by atoms with van der Waals surface area (Å²) < 4.78 is 9.54. The fourth-order valence-corrected chi connectivity index (χ4v) is 10.8. The standard InChI is InChI=1S/C55H36N2OS/c1-5-17-37(18-6-1)56(38-19-7-2-8-20-38)41-30-32-51-49(33-41)55(47-27-15-13-25-43(47)44-26-14-16-28-48(44)55)50-35-46-45-31-29-42(34-53(45)59-54(46)36-52(50)58-51)57(39-21-9-3-10-22-39)40-23-11-4-12-24-40/h1-36H. The lowest BCUT2D eigenvalue weighted by atomic mass is 9.66. The second-order valence-corrected chi connectivity index (χ2v) is 16.3. The molecule has 10 aromatic rings. The van der Waals surface area contributed by atoms with E-state index < -0.39 is 5.41 Å². The van der Waals surface area contributed by atoms with Crippen LogP contribution in [-0.2, 0) is 5.41 Å². The Labute approximate surface area is 347 Å². The molecule has 3 nitrogen and oxygen atoms in total. The first-order valence-electron chi connectivity index (χ1n) is 20.1. The van der Waals surface area contributed by atoms with Crippen LogP contribution in [0.2, 0.25) is 0 Å². The van der Waals surface area contributed by atoms with E-state index in [9.17, 15) is 0 Å². The van der Waals surface area contributed by atoms with Gasteiger partial charge in [-0.2, -0.15) is 0 Å². The molecule has 0 saturated heterocycles. The molecule has 0 fully saturated rings. The van der Waals surface area contributed by atoms with Crippen molar-refractivity contribution in [2.75, 3.05) is 9.80 Å². The first-order chi connectivity index (χ1) is 29.3. The van der Waals surface area contributed by atoms with E-state index in [0.29, 0.717) is 0 Å². The predicted molar refractivity (Wildman–Crippen MR) is 246 cm³/mol. The average molecular weight is 773 g/mol. The highest BCUT2D eigenvalue weighted by atomic mass is 32.1. The van der Waals surface area contributed by atoms with E-state index in [2.05, 4.69) is 228 Å². The highest BCUT2D eigenvalue weighted by Gasteiger charge is 2.51. The molecule has 0 saturated carbocycles. The van der Waals surface area contributed by atoms with Crippen LogP contribution in [-0.4, -0.2) is 0 Å². The Morgan fingerprint density at radius 3 is 1.31 bits per heavy atom. The van der Waals surface area contributed by atoms with E-state index in [0.717, 1.165) is 56.8 Å². The number of para-hydroxylation sites is 4. The number of benzene rings is 9. The summed E-state index contributed by atoms with van der Waals surface area (Å²) in [6.07, 6.45) is 0. The van der Waals surface area contributed by atoms with Crippen LogP contribution in [0.1, 0.15) is 22.3 Å². The van der Waals surface area contributed by atoms with Crippen molar-refractivity contribution >= 4 is 65.6 Å². The molecular formula is C55H36N2OS. The van der Waals surface area contributed by atoms with Gasteiger partial charge in [0.1, 0.15) is 11.5 Å². The minimum absolute atomic E-state index is 0.620. The third-order valence-corrected chi connectivity index (χ3v) is 13.2. The smallest absolute Gasteiger partial charge is 0.133 e. The van der Waals surface area contributed by atoms with Gasteiger partial charge in [-0.3, -0.25) is 0 Å². The van der Waals surface area contributed by atoms with E-state index in [1.807, 2.05) is 11.3 Å². The molecule has 1 aromatic heterocycles. The fourth-order valence-electron chi connectivity index (χ4n) is 9.63. The Kier molecular flexibility index (Phi) is 7.62. The van der Waals surface area contributed by atoms with E-state index in [1.54, 1.807) is 0 Å². The summed E-state index contributed by atoms with van der Waals surface area (Å²) in [7, 11) is 0. The van der Waals surface area contributed by atoms with Crippen molar-refractivity contribution in [3.63, 3.8) is 0 Å². The average Bonchev–Trinajstić information content (AvgIpc) is 3.80. The number of ether oxygens (including phenoxy) is 1. The Morgan fingerprint density at radius 2 is 0.763 bits per heavy atom. The molecule has 2 heterocycles. The van der Waals surface area contributed by atoms with Gasteiger partial charge in [0.2, 0.25) is 0 Å². The summed E-state index contributed by atoms with van der Waals surface area (Å²) in [5.41, 5.74) is 13.4. The van der Waals surface area contributed by atoms with E-state index >= 15 is 0 Å². The van der Waals surface area contributed by atoms with Crippen molar-refractivity contribution in [1.82, 2.24) is 0 Å². The van der Waals surface area contributed by atoms with Gasteiger partial charge in [0.15, 0.2) is 0 Å². The summed E-state index contributed by atoms with van der Waals surface area (Å²) in [6, 6.07) is 78.9. The van der Waals surface area contributed by atoms with Crippen LogP contribution in [0.5, 0.6) is 11.5 Å². The van der Waals surface area contributed by atoms with Crippen molar-refractivity contribution in [3.05, 3.63) is 241 Å². The first-order valence-corrected chi connectivity index (χ1v) is 20.9. The number of thiophene rings is 1. The minimum atomic E-state index is -0.620. The monoisotopic (exact) mass is 772 g/mol. The lowest BCUT2D eigenvalue weighted by molar-refractivity contribution is 0.437. The summed E-state index contributed by atoms with van der Waals surface area (Å²) in [5, 5.41) is 2.48. The van der Waals surface area contributed by atoms with Crippen molar-refractivity contribution in [2.45, 2.75) is 5.41 Å². The molecule has 1 aliphatic heterocycles. The molecule has 1 spiro atoms. The van der Waals surface area contributed by atoms with Crippen LogP contribution in [0.25, 0.3) is 31.3 Å². The van der Waals surface area contributed by atoms with Crippen LogP contribution >= 0.6 is 11.3 Å². The van der Waals surface area contributed by atoms with Crippen LogP contribution in [0.4, 0.5) is 34.1 Å². The zero-order valence-electron chi connectivity index (χ0n) is 32.0. The largest absolute Gasteiger partial charge is 0.457 e. The molecule has 12 rings (SSSR count). The summed E-state index contributed by atoms with van der Waals surface area (Å²) in [6.45, 7) is 0. The Morgan fingerprint density at radius 1 is 0.322 bits per heavy atom. The fraction of sp³-hybridized carbons (Fsp3) is 0.0182. The third-order valence-electron chi connectivity index (χ3n) is 12.1. The van der Waals surface area contributed by atoms with E-state index in [4.69, 9.17) is 4.74 Å². The molecule has 59 heavy (non-hydrogen) atoms. The molecule has 0 amide bonds. The number of nitrogens with zero attached hydrogens (tertiary/aromatic N) is 2. The molecule has 9 aromatic carbocycles. The molecule has 4 heteroatoms. The van der Waals surface area contributed by atoms with Gasteiger partial charge in [-0.05, 0) is 113 Å². The minimum Gasteiger partial charge on any atom is -0.457 e. The molecule has 2 aliphatic rings. The van der Waals surface area contributed by atoms with Crippen LogP contribution in [0, 0.1) is 0 Å². The summed E-state index contributed by atoms with van der Waals surface area (Å²) in [4.78, 5) is 4.68. The van der Waals surface area contributed by atoms with Crippen molar-refractivity contribution in [2.24, 2.45) is 0 Å². The lowest BCUT2D eigenvalue weighted by Crippen LogP contribution is -2.32. The first kappa shape index (κ1) is 33.7. The number of anilines is 6. The molecule has 0 N–H and O–H groups in total. The maximum atomic E-state index is 7.10. The number of rotatable bonds is 6. The van der Waals surface area contributed by atoms with Crippen molar-refractivity contribution < 1.29 is 4.74 Å². The molecule has 0 bridgehead atoms. The van der Waals surface area contributed by atoms with Crippen molar-refractivity contribution in [3.8, 4) is 22.6 Å². The zero-order valence-corrected chi connectivity index (χ0v) is 32.8. The number of hydrogen-bond acceptors (Lipinski definition) is 4. The quantitative estimate of drug-likeness (QED) is 0.167. The number of fused-ring (bicyclic) bond motifs is 12. The normalized spacial score (nSPS) is 13.0. The van der Waals surface area contributed by atoms with E-state index in [-0.39, 0.29) is 0 Å². The Balaban J connectivity index is 1.10. The third kappa shape index (κ3) is 5.13. The maximum Gasteiger partial charge on any atom is 0.133 e. The molecule has 1 aliphatic carbocycles. The van der Waals surface area contributed by atoms with Gasteiger partial charge >= 0.3 is 0 Å². The van der Waals surface area contributed by atoms with Crippen LogP contribution < -0.4 is 14.5 Å². The highest BCUT2D eigenvalue weighted by Crippen LogP contribution is 2.63. The van der Waals surface area contributed by atoms with Gasteiger partial charge in [-0.15, -0.1) is 11.3 Å². The molecular weight excluding hydrogens is 737 g/mol. The summed E-state index contributed by atoms with van der Waals surface area (Å²) in [5.74, 6) is 1.77. The summed E-state index contributed by atoms with van der Waals surface area (Å²) >= 11 is 1.83.